The van der Waals surface area contributed by atoms with Gasteiger partial charge in [0.25, 0.3) is 0 Å². The van der Waals surface area contributed by atoms with E-state index in [-0.39, 0.29) is 0 Å². The summed E-state index contributed by atoms with van der Waals surface area (Å²) in [5.74, 6) is 0. The molecule has 18 heavy (non-hydrogen) atoms. The van der Waals surface area contributed by atoms with Crippen molar-refractivity contribution >= 4 is 23.0 Å². The molecule has 0 aliphatic heterocycles. The van der Waals surface area contributed by atoms with Crippen LogP contribution in [0.25, 0.3) is 0 Å². The molecule has 0 spiro atoms. The molecule has 1 aromatic carbocycles. The smallest absolute Gasteiger partial charge is 0.0639 e. The van der Waals surface area contributed by atoms with E-state index in [1.54, 1.807) is 12.4 Å². The van der Waals surface area contributed by atoms with Crippen LogP contribution in [0, 0.1) is 0 Å². The number of rotatable bonds is 4. The van der Waals surface area contributed by atoms with Crippen molar-refractivity contribution in [2.45, 2.75) is 13.5 Å². The molecule has 94 valence electrons. The summed E-state index contributed by atoms with van der Waals surface area (Å²) in [5, 5.41) is 0.694. The first-order valence-corrected chi connectivity index (χ1v) is 6.27. The largest absolute Gasteiger partial charge is 0.399 e. The van der Waals surface area contributed by atoms with Gasteiger partial charge in [-0.05, 0) is 36.8 Å². The number of benzene rings is 1. The molecule has 1 aromatic heterocycles. The number of nitrogens with zero attached hydrogens (tertiary/aromatic N) is 2. The Labute approximate surface area is 112 Å². The molecule has 3 nitrogen and oxygen atoms in total. The SMILES string of the molecule is CCN(Cc1ccncc1Cl)c1cccc(N)c1. The average molecular weight is 262 g/mol. The lowest BCUT2D eigenvalue weighted by Crippen LogP contribution is -2.22. The average Bonchev–Trinajstić information content (AvgIpc) is 2.38. The fraction of sp³-hybridized carbons (Fsp3) is 0.214. The maximum atomic E-state index is 6.13. The molecule has 0 aliphatic rings. The summed E-state index contributed by atoms with van der Waals surface area (Å²) in [7, 11) is 0. The molecule has 0 saturated carbocycles. The van der Waals surface area contributed by atoms with Crippen LogP contribution >= 0.6 is 11.6 Å². The number of anilines is 2. The van der Waals surface area contributed by atoms with E-state index in [1.165, 1.54) is 0 Å². The lowest BCUT2D eigenvalue weighted by atomic mass is 10.2. The maximum Gasteiger partial charge on any atom is 0.0639 e. The summed E-state index contributed by atoms with van der Waals surface area (Å²) in [6, 6.07) is 9.81. The van der Waals surface area contributed by atoms with Gasteiger partial charge in [0.1, 0.15) is 0 Å². The molecular formula is C14H16ClN3. The Kier molecular flexibility index (Phi) is 4.05. The summed E-state index contributed by atoms with van der Waals surface area (Å²) in [4.78, 5) is 6.21. The summed E-state index contributed by atoms with van der Waals surface area (Å²) in [6.45, 7) is 3.75. The highest BCUT2D eigenvalue weighted by Crippen LogP contribution is 2.22. The van der Waals surface area contributed by atoms with Crippen molar-refractivity contribution in [1.82, 2.24) is 4.98 Å². The van der Waals surface area contributed by atoms with Gasteiger partial charge in [0, 0.05) is 36.9 Å². The predicted molar refractivity (Wildman–Crippen MR) is 76.8 cm³/mol. The Balaban J connectivity index is 2.23. The Morgan fingerprint density at radius 2 is 2.17 bits per heavy atom. The van der Waals surface area contributed by atoms with Gasteiger partial charge in [-0.3, -0.25) is 4.98 Å². The molecule has 0 unspecified atom stereocenters. The van der Waals surface area contributed by atoms with Crippen LogP contribution in [0.2, 0.25) is 5.02 Å². The van der Waals surface area contributed by atoms with Gasteiger partial charge < -0.3 is 10.6 Å². The van der Waals surface area contributed by atoms with Crippen LogP contribution in [0.5, 0.6) is 0 Å². The van der Waals surface area contributed by atoms with E-state index in [1.807, 2.05) is 24.3 Å². The molecule has 1 heterocycles. The van der Waals surface area contributed by atoms with Gasteiger partial charge >= 0.3 is 0 Å². The Hall–Kier alpha value is -1.74. The molecule has 2 N–H and O–H groups in total. The molecule has 0 fully saturated rings. The quantitative estimate of drug-likeness (QED) is 0.859. The first-order valence-electron chi connectivity index (χ1n) is 5.89. The third-order valence-corrected chi connectivity index (χ3v) is 3.18. The molecule has 0 amide bonds. The molecule has 0 bridgehead atoms. The minimum atomic E-state index is 0.694. The predicted octanol–water partition coefficient (Wildman–Crippen LogP) is 3.34. The molecule has 4 heteroatoms. The van der Waals surface area contributed by atoms with Gasteiger partial charge in [-0.25, -0.2) is 0 Å². The van der Waals surface area contributed by atoms with Crippen molar-refractivity contribution in [2.75, 3.05) is 17.2 Å². The third-order valence-electron chi connectivity index (χ3n) is 2.83. The molecule has 0 radical (unpaired) electrons. The third kappa shape index (κ3) is 2.93. The van der Waals surface area contributed by atoms with Crippen LogP contribution in [0.15, 0.2) is 42.7 Å². The number of nitrogen functional groups attached to an aromatic ring is 1. The van der Waals surface area contributed by atoms with Gasteiger partial charge in [0.05, 0.1) is 5.02 Å². The zero-order valence-corrected chi connectivity index (χ0v) is 11.1. The monoisotopic (exact) mass is 261 g/mol. The van der Waals surface area contributed by atoms with Crippen LogP contribution in [-0.2, 0) is 6.54 Å². The number of aromatic nitrogens is 1. The zero-order valence-electron chi connectivity index (χ0n) is 10.3. The lowest BCUT2D eigenvalue weighted by molar-refractivity contribution is 0.831. The second-order valence-corrected chi connectivity index (χ2v) is 4.48. The highest BCUT2D eigenvalue weighted by atomic mass is 35.5. The van der Waals surface area contributed by atoms with Gasteiger partial charge in [-0.2, -0.15) is 0 Å². The van der Waals surface area contributed by atoms with E-state index in [4.69, 9.17) is 17.3 Å². The van der Waals surface area contributed by atoms with Gasteiger partial charge in [-0.1, -0.05) is 17.7 Å². The highest BCUT2D eigenvalue weighted by Gasteiger charge is 2.08. The zero-order chi connectivity index (χ0) is 13.0. The van der Waals surface area contributed by atoms with Crippen molar-refractivity contribution in [3.8, 4) is 0 Å². The molecule has 2 rings (SSSR count). The highest BCUT2D eigenvalue weighted by molar-refractivity contribution is 6.31. The van der Waals surface area contributed by atoms with Gasteiger partial charge in [-0.15, -0.1) is 0 Å². The lowest BCUT2D eigenvalue weighted by Gasteiger charge is -2.23. The van der Waals surface area contributed by atoms with Crippen molar-refractivity contribution in [1.29, 1.82) is 0 Å². The minimum Gasteiger partial charge on any atom is -0.399 e. The fourth-order valence-electron chi connectivity index (χ4n) is 1.85. The van der Waals surface area contributed by atoms with E-state index in [0.717, 1.165) is 30.0 Å². The van der Waals surface area contributed by atoms with Crippen molar-refractivity contribution in [3.05, 3.63) is 53.3 Å². The van der Waals surface area contributed by atoms with E-state index >= 15 is 0 Å². The minimum absolute atomic E-state index is 0.694. The summed E-state index contributed by atoms with van der Waals surface area (Å²) >= 11 is 6.13. The standard InChI is InChI=1S/C14H16ClN3/c1-2-18(13-5-3-4-12(16)8-13)10-11-6-7-17-9-14(11)15/h3-9H,2,10,16H2,1H3. The molecule has 0 atom stereocenters. The number of hydrogen-bond acceptors (Lipinski definition) is 3. The summed E-state index contributed by atoms with van der Waals surface area (Å²) in [5.41, 5.74) is 8.75. The second kappa shape index (κ2) is 5.74. The van der Waals surface area contributed by atoms with Crippen LogP contribution < -0.4 is 10.6 Å². The van der Waals surface area contributed by atoms with E-state index < -0.39 is 0 Å². The van der Waals surface area contributed by atoms with E-state index in [2.05, 4.69) is 22.9 Å². The molecular weight excluding hydrogens is 246 g/mol. The number of hydrogen-bond donors (Lipinski definition) is 1. The Morgan fingerprint density at radius 3 is 2.83 bits per heavy atom. The van der Waals surface area contributed by atoms with Crippen molar-refractivity contribution in [3.63, 3.8) is 0 Å². The first kappa shape index (κ1) is 12.7. The van der Waals surface area contributed by atoms with Crippen LogP contribution in [0.4, 0.5) is 11.4 Å². The Morgan fingerprint density at radius 1 is 1.33 bits per heavy atom. The van der Waals surface area contributed by atoms with Gasteiger partial charge in [0.2, 0.25) is 0 Å². The molecule has 2 aromatic rings. The second-order valence-electron chi connectivity index (χ2n) is 4.08. The number of halogens is 1. The fourth-order valence-corrected chi connectivity index (χ4v) is 2.02. The van der Waals surface area contributed by atoms with E-state index in [9.17, 15) is 0 Å². The van der Waals surface area contributed by atoms with E-state index in [0.29, 0.717) is 5.02 Å². The topological polar surface area (TPSA) is 42.2 Å². The number of pyridine rings is 1. The van der Waals surface area contributed by atoms with Gasteiger partial charge in [0.15, 0.2) is 0 Å². The van der Waals surface area contributed by atoms with Crippen LogP contribution in [-0.4, -0.2) is 11.5 Å². The molecule has 0 saturated heterocycles. The summed E-state index contributed by atoms with van der Waals surface area (Å²) in [6.07, 6.45) is 3.43. The normalized spacial score (nSPS) is 10.3. The van der Waals surface area contributed by atoms with Crippen LogP contribution in [0.3, 0.4) is 0 Å². The van der Waals surface area contributed by atoms with Crippen molar-refractivity contribution in [2.24, 2.45) is 0 Å². The maximum absolute atomic E-state index is 6.13. The summed E-state index contributed by atoms with van der Waals surface area (Å²) < 4.78 is 0. The number of nitrogens with two attached hydrogens (primary N) is 1. The van der Waals surface area contributed by atoms with Crippen LogP contribution in [0.1, 0.15) is 12.5 Å². The van der Waals surface area contributed by atoms with Crippen molar-refractivity contribution < 1.29 is 0 Å². The Bertz CT molecular complexity index is 528. The first-order chi connectivity index (χ1) is 8.70. The molecule has 0 aliphatic carbocycles.